The quantitative estimate of drug-likeness (QED) is 0.476. The van der Waals surface area contributed by atoms with Crippen molar-refractivity contribution in [3.63, 3.8) is 0 Å². The van der Waals surface area contributed by atoms with E-state index in [1.165, 1.54) is 24.3 Å². The highest BCUT2D eigenvalue weighted by Gasteiger charge is 2.29. The molecule has 0 saturated heterocycles. The van der Waals surface area contributed by atoms with E-state index in [1.54, 1.807) is 30.3 Å². The molecule has 0 aliphatic heterocycles. The van der Waals surface area contributed by atoms with Gasteiger partial charge in [-0.15, -0.1) is 0 Å². The van der Waals surface area contributed by atoms with E-state index >= 15 is 0 Å². The van der Waals surface area contributed by atoms with Gasteiger partial charge < -0.3 is 20.3 Å². The van der Waals surface area contributed by atoms with Gasteiger partial charge in [-0.1, -0.05) is 30.3 Å². The molecule has 0 aromatic heterocycles. The molecular formula is C17H16N2O7. The monoisotopic (exact) mass is 360 g/mol. The van der Waals surface area contributed by atoms with Crippen molar-refractivity contribution in [3.8, 4) is 5.75 Å². The van der Waals surface area contributed by atoms with Crippen LogP contribution >= 0.6 is 0 Å². The Balaban J connectivity index is 1.95. The van der Waals surface area contributed by atoms with Crippen LogP contribution in [-0.2, 0) is 9.59 Å². The number of rotatable bonds is 8. The number of hydrogen-bond acceptors (Lipinski definition) is 6. The molecule has 2 aromatic carbocycles. The van der Waals surface area contributed by atoms with Crippen molar-refractivity contribution in [1.82, 2.24) is 5.32 Å². The van der Waals surface area contributed by atoms with Gasteiger partial charge in [-0.3, -0.25) is 14.9 Å². The Morgan fingerprint density at radius 3 is 2.27 bits per heavy atom. The SMILES string of the molecule is O=C(COc1ccc([N+](=O)[O-])cc1)N[C@@H](C(=O)O)[C@@H](O)c1ccccc1. The first-order valence-corrected chi connectivity index (χ1v) is 7.51. The van der Waals surface area contributed by atoms with Crippen LogP contribution in [-0.4, -0.2) is 39.7 Å². The number of ether oxygens (including phenoxy) is 1. The predicted molar refractivity (Wildman–Crippen MR) is 89.6 cm³/mol. The minimum Gasteiger partial charge on any atom is -0.484 e. The van der Waals surface area contributed by atoms with Crippen LogP contribution in [0.25, 0.3) is 0 Å². The van der Waals surface area contributed by atoms with Gasteiger partial charge in [0.05, 0.1) is 4.92 Å². The summed E-state index contributed by atoms with van der Waals surface area (Å²) in [7, 11) is 0. The highest BCUT2D eigenvalue weighted by atomic mass is 16.6. The normalized spacial score (nSPS) is 12.7. The summed E-state index contributed by atoms with van der Waals surface area (Å²) in [5.74, 6) is -1.95. The fourth-order valence-electron chi connectivity index (χ4n) is 2.15. The predicted octanol–water partition coefficient (Wildman–Crippen LogP) is 1.28. The highest BCUT2D eigenvalue weighted by molar-refractivity contribution is 5.85. The number of non-ortho nitro benzene ring substituents is 1. The first kappa shape index (κ1) is 18.9. The molecule has 0 unspecified atom stereocenters. The van der Waals surface area contributed by atoms with E-state index in [4.69, 9.17) is 4.74 Å². The Morgan fingerprint density at radius 2 is 1.73 bits per heavy atom. The lowest BCUT2D eigenvalue weighted by Crippen LogP contribution is -2.46. The van der Waals surface area contributed by atoms with Crippen molar-refractivity contribution >= 4 is 17.6 Å². The maximum absolute atomic E-state index is 11.9. The summed E-state index contributed by atoms with van der Waals surface area (Å²) in [5, 5.41) is 32.2. The van der Waals surface area contributed by atoms with Crippen LogP contribution in [0.2, 0.25) is 0 Å². The van der Waals surface area contributed by atoms with Gasteiger partial charge in [0.1, 0.15) is 11.9 Å². The third-order valence-corrected chi connectivity index (χ3v) is 3.46. The molecule has 2 atom stereocenters. The number of nitro groups is 1. The molecule has 2 aromatic rings. The lowest BCUT2D eigenvalue weighted by Gasteiger charge is -2.20. The number of nitrogens with zero attached hydrogens (tertiary/aromatic N) is 1. The molecule has 9 nitrogen and oxygen atoms in total. The van der Waals surface area contributed by atoms with E-state index in [0.29, 0.717) is 5.56 Å². The summed E-state index contributed by atoms with van der Waals surface area (Å²) in [5.41, 5.74) is 0.218. The number of carbonyl (C=O) groups is 2. The lowest BCUT2D eigenvalue weighted by molar-refractivity contribution is -0.384. The van der Waals surface area contributed by atoms with E-state index in [0.717, 1.165) is 0 Å². The molecule has 0 aliphatic carbocycles. The molecule has 0 bridgehead atoms. The standard InChI is InChI=1S/C17H16N2O7/c20-14(10-26-13-8-6-12(7-9-13)19(24)25)18-15(17(22)23)16(21)11-4-2-1-3-5-11/h1-9,15-16,21H,10H2,(H,18,20)(H,22,23)/t15-,16+/m1/s1. The van der Waals surface area contributed by atoms with Crippen LogP contribution in [0.3, 0.4) is 0 Å². The minimum absolute atomic E-state index is 0.126. The van der Waals surface area contributed by atoms with E-state index in [1.807, 2.05) is 0 Å². The summed E-state index contributed by atoms with van der Waals surface area (Å²) in [6, 6.07) is 11.6. The molecule has 0 spiro atoms. The van der Waals surface area contributed by atoms with Crippen LogP contribution < -0.4 is 10.1 Å². The van der Waals surface area contributed by atoms with E-state index < -0.39 is 35.6 Å². The molecule has 0 aliphatic rings. The van der Waals surface area contributed by atoms with Crippen molar-refractivity contribution < 1.29 is 29.5 Å². The maximum atomic E-state index is 11.9. The van der Waals surface area contributed by atoms with Gasteiger partial charge in [0, 0.05) is 12.1 Å². The van der Waals surface area contributed by atoms with Gasteiger partial charge in [0.2, 0.25) is 0 Å². The highest BCUT2D eigenvalue weighted by Crippen LogP contribution is 2.18. The number of hydrogen-bond donors (Lipinski definition) is 3. The van der Waals surface area contributed by atoms with E-state index in [-0.39, 0.29) is 11.4 Å². The smallest absolute Gasteiger partial charge is 0.329 e. The van der Waals surface area contributed by atoms with Crippen molar-refractivity contribution in [2.24, 2.45) is 0 Å². The topological polar surface area (TPSA) is 139 Å². The maximum Gasteiger partial charge on any atom is 0.329 e. The Kier molecular flexibility index (Phi) is 6.23. The lowest BCUT2D eigenvalue weighted by atomic mass is 10.0. The number of carboxylic acid groups (broad SMARTS) is 1. The average molecular weight is 360 g/mol. The summed E-state index contributed by atoms with van der Waals surface area (Å²) in [6.07, 6.45) is -1.43. The molecule has 1 amide bonds. The van der Waals surface area contributed by atoms with Crippen molar-refractivity contribution in [2.75, 3.05) is 6.61 Å². The Bertz CT molecular complexity index is 777. The number of amides is 1. The van der Waals surface area contributed by atoms with Gasteiger partial charge in [0.25, 0.3) is 11.6 Å². The zero-order valence-electron chi connectivity index (χ0n) is 13.4. The number of carbonyl (C=O) groups excluding carboxylic acids is 1. The molecule has 0 heterocycles. The summed E-state index contributed by atoms with van der Waals surface area (Å²) in [6.45, 7) is -0.511. The molecule has 0 radical (unpaired) electrons. The van der Waals surface area contributed by atoms with Crippen molar-refractivity contribution in [2.45, 2.75) is 12.1 Å². The zero-order valence-corrected chi connectivity index (χ0v) is 13.4. The minimum atomic E-state index is -1.55. The first-order valence-electron chi connectivity index (χ1n) is 7.51. The molecule has 0 saturated carbocycles. The van der Waals surface area contributed by atoms with Crippen LogP contribution in [0.15, 0.2) is 54.6 Å². The summed E-state index contributed by atoms with van der Waals surface area (Å²) >= 11 is 0. The Hall–Kier alpha value is -3.46. The fraction of sp³-hybridized carbons (Fsp3) is 0.176. The molecule has 9 heteroatoms. The summed E-state index contributed by atoms with van der Waals surface area (Å²) in [4.78, 5) is 33.3. The average Bonchev–Trinajstić information content (AvgIpc) is 2.64. The second kappa shape index (κ2) is 8.58. The molecule has 26 heavy (non-hydrogen) atoms. The van der Waals surface area contributed by atoms with Gasteiger partial charge >= 0.3 is 5.97 Å². The molecular weight excluding hydrogens is 344 g/mol. The molecule has 0 fully saturated rings. The zero-order chi connectivity index (χ0) is 19.1. The van der Waals surface area contributed by atoms with Crippen LogP contribution in [0, 0.1) is 10.1 Å². The largest absolute Gasteiger partial charge is 0.484 e. The molecule has 2 rings (SSSR count). The second-order valence-corrected chi connectivity index (χ2v) is 5.28. The van der Waals surface area contributed by atoms with Crippen LogP contribution in [0.1, 0.15) is 11.7 Å². The van der Waals surface area contributed by atoms with Crippen molar-refractivity contribution in [3.05, 3.63) is 70.3 Å². The van der Waals surface area contributed by atoms with E-state index in [9.17, 15) is 29.9 Å². The van der Waals surface area contributed by atoms with Gasteiger partial charge in [-0.25, -0.2) is 4.79 Å². The van der Waals surface area contributed by atoms with E-state index in [2.05, 4.69) is 5.32 Å². The Morgan fingerprint density at radius 1 is 1.12 bits per heavy atom. The number of aliphatic hydroxyl groups excluding tert-OH is 1. The third kappa shape index (κ3) is 5.02. The number of carboxylic acids is 1. The van der Waals surface area contributed by atoms with Crippen LogP contribution in [0.4, 0.5) is 5.69 Å². The van der Waals surface area contributed by atoms with Gasteiger partial charge in [0.15, 0.2) is 12.6 Å². The molecule has 136 valence electrons. The van der Waals surface area contributed by atoms with Crippen LogP contribution in [0.5, 0.6) is 5.75 Å². The van der Waals surface area contributed by atoms with Crippen molar-refractivity contribution in [1.29, 1.82) is 0 Å². The van der Waals surface area contributed by atoms with Gasteiger partial charge in [-0.05, 0) is 17.7 Å². The number of aliphatic carboxylic acids is 1. The number of nitro benzene ring substituents is 1. The Labute approximate surface area is 148 Å². The summed E-state index contributed by atoms with van der Waals surface area (Å²) < 4.78 is 5.16. The second-order valence-electron chi connectivity index (χ2n) is 5.28. The number of aliphatic hydroxyl groups is 1. The van der Waals surface area contributed by atoms with Gasteiger partial charge in [-0.2, -0.15) is 0 Å². The number of nitrogens with one attached hydrogen (secondary N) is 1. The third-order valence-electron chi connectivity index (χ3n) is 3.46. The fourth-order valence-corrected chi connectivity index (χ4v) is 2.15. The number of benzene rings is 2. The first-order chi connectivity index (χ1) is 12.4. The molecule has 3 N–H and O–H groups in total.